The van der Waals surface area contributed by atoms with Gasteiger partial charge in [0.1, 0.15) is 4.90 Å². The van der Waals surface area contributed by atoms with E-state index in [1.807, 2.05) is 24.3 Å². The van der Waals surface area contributed by atoms with Gasteiger partial charge in [0.25, 0.3) is 10.1 Å². The van der Waals surface area contributed by atoms with E-state index in [4.69, 9.17) is 0 Å². The van der Waals surface area contributed by atoms with Crippen molar-refractivity contribution in [3.05, 3.63) is 54.6 Å². The van der Waals surface area contributed by atoms with E-state index < -0.39 is 10.1 Å². The molecule has 0 atom stereocenters. The monoisotopic (exact) mass is 262 g/mol. The summed E-state index contributed by atoms with van der Waals surface area (Å²) >= 11 is 0. The Bertz CT molecular complexity index is 687. The third kappa shape index (κ3) is 2.17. The molecular weight excluding hydrogens is 248 g/mol. The van der Waals surface area contributed by atoms with Gasteiger partial charge < -0.3 is 0 Å². The molecule has 0 aliphatic carbocycles. The fraction of sp³-hybridized carbons (Fsp3) is 0.143. The summed E-state index contributed by atoms with van der Waals surface area (Å²) in [6.07, 6.45) is 2.17. The van der Waals surface area contributed by atoms with E-state index in [0.29, 0.717) is 17.4 Å². The first-order valence-corrected chi connectivity index (χ1v) is 6.93. The summed E-state index contributed by atoms with van der Waals surface area (Å²) in [5.41, 5.74) is 0.700. The van der Waals surface area contributed by atoms with E-state index in [1.165, 1.54) is 7.11 Å². The molecule has 3 nitrogen and oxygen atoms in total. The van der Waals surface area contributed by atoms with Crippen molar-refractivity contribution in [2.24, 2.45) is 0 Å². The Kier molecular flexibility index (Phi) is 3.50. The fourth-order valence-corrected chi connectivity index (χ4v) is 3.08. The minimum absolute atomic E-state index is 0.239. The molecule has 0 bridgehead atoms. The van der Waals surface area contributed by atoms with E-state index in [1.54, 1.807) is 18.2 Å². The van der Waals surface area contributed by atoms with Crippen LogP contribution in [0.5, 0.6) is 0 Å². The van der Waals surface area contributed by atoms with E-state index in [9.17, 15) is 8.42 Å². The number of benzene rings is 2. The molecule has 0 aromatic heterocycles. The predicted octanol–water partition coefficient (Wildman–Crippen LogP) is 2.90. The van der Waals surface area contributed by atoms with Gasteiger partial charge in [0.15, 0.2) is 0 Å². The van der Waals surface area contributed by atoms with Gasteiger partial charge in [-0.2, -0.15) is 8.42 Å². The Morgan fingerprint density at radius 2 is 1.94 bits per heavy atom. The molecule has 2 aromatic carbocycles. The van der Waals surface area contributed by atoms with Gasteiger partial charge in [0.05, 0.1) is 7.11 Å². The summed E-state index contributed by atoms with van der Waals surface area (Å²) in [7, 11) is -2.55. The summed E-state index contributed by atoms with van der Waals surface area (Å²) in [5.74, 6) is 0. The summed E-state index contributed by atoms with van der Waals surface area (Å²) in [6, 6.07) is 11.1. The van der Waals surface area contributed by atoms with Crippen LogP contribution < -0.4 is 0 Å². The maximum absolute atomic E-state index is 12.1. The molecule has 0 saturated heterocycles. The second-order valence-corrected chi connectivity index (χ2v) is 5.54. The van der Waals surface area contributed by atoms with Crippen molar-refractivity contribution >= 4 is 20.9 Å². The Hall–Kier alpha value is -1.65. The van der Waals surface area contributed by atoms with Crippen LogP contribution in [0.1, 0.15) is 5.56 Å². The number of hydrogen-bond donors (Lipinski definition) is 0. The molecular formula is C14H14O3S. The zero-order valence-corrected chi connectivity index (χ0v) is 10.9. The second-order valence-electron chi connectivity index (χ2n) is 3.89. The van der Waals surface area contributed by atoms with Gasteiger partial charge in [-0.1, -0.05) is 42.5 Å². The van der Waals surface area contributed by atoms with Crippen LogP contribution in [-0.2, 0) is 20.7 Å². The third-order valence-corrected chi connectivity index (χ3v) is 4.22. The standard InChI is InChI=1S/C14H14O3S/c1-3-6-12-10-9-11-7-4-5-8-13(11)14(12)18(15,16)17-2/h3-5,7-10H,1,6H2,2H3. The van der Waals surface area contributed by atoms with Crippen LogP contribution in [0.2, 0.25) is 0 Å². The zero-order chi connectivity index (χ0) is 13.2. The summed E-state index contributed by atoms with van der Waals surface area (Å²) in [4.78, 5) is 0.239. The lowest BCUT2D eigenvalue weighted by Crippen LogP contribution is -2.07. The number of allylic oxidation sites excluding steroid dienone is 1. The van der Waals surface area contributed by atoms with Gasteiger partial charge in [-0.25, -0.2) is 0 Å². The van der Waals surface area contributed by atoms with Crippen molar-refractivity contribution in [1.82, 2.24) is 0 Å². The predicted molar refractivity (Wildman–Crippen MR) is 72.0 cm³/mol. The third-order valence-electron chi connectivity index (χ3n) is 2.79. The largest absolute Gasteiger partial charge is 0.297 e. The molecule has 0 heterocycles. The van der Waals surface area contributed by atoms with Gasteiger partial charge in [0.2, 0.25) is 0 Å². The molecule has 94 valence electrons. The zero-order valence-electron chi connectivity index (χ0n) is 10.1. The lowest BCUT2D eigenvalue weighted by molar-refractivity contribution is 0.398. The summed E-state index contributed by atoms with van der Waals surface area (Å²) < 4.78 is 28.8. The Labute approximate surface area is 107 Å². The summed E-state index contributed by atoms with van der Waals surface area (Å²) in [5, 5.41) is 1.56. The van der Waals surface area contributed by atoms with Crippen LogP contribution in [0.3, 0.4) is 0 Å². The molecule has 0 fully saturated rings. The Morgan fingerprint density at radius 3 is 2.61 bits per heavy atom. The van der Waals surface area contributed by atoms with E-state index in [0.717, 1.165) is 5.39 Å². The topological polar surface area (TPSA) is 43.4 Å². The molecule has 0 aliphatic heterocycles. The first-order valence-electron chi connectivity index (χ1n) is 5.52. The molecule has 0 amide bonds. The average Bonchev–Trinajstić information content (AvgIpc) is 2.38. The lowest BCUT2D eigenvalue weighted by atomic mass is 10.0. The average molecular weight is 262 g/mol. The van der Waals surface area contributed by atoms with Gasteiger partial charge in [-0.3, -0.25) is 4.18 Å². The molecule has 4 heteroatoms. The molecule has 0 saturated carbocycles. The molecule has 0 radical (unpaired) electrons. The maximum Gasteiger partial charge on any atom is 0.297 e. The lowest BCUT2D eigenvalue weighted by Gasteiger charge is -2.11. The van der Waals surface area contributed by atoms with Crippen LogP contribution in [0, 0.1) is 0 Å². The van der Waals surface area contributed by atoms with Crippen LogP contribution in [0.4, 0.5) is 0 Å². The molecule has 0 N–H and O–H groups in total. The van der Waals surface area contributed by atoms with Crippen molar-refractivity contribution < 1.29 is 12.6 Å². The first kappa shape index (κ1) is 12.8. The second kappa shape index (κ2) is 4.92. The van der Waals surface area contributed by atoms with Crippen molar-refractivity contribution in [2.75, 3.05) is 7.11 Å². The number of rotatable bonds is 4. The molecule has 0 spiro atoms. The highest BCUT2D eigenvalue weighted by molar-refractivity contribution is 7.87. The normalized spacial score (nSPS) is 11.6. The Balaban J connectivity index is 2.87. The van der Waals surface area contributed by atoms with E-state index in [-0.39, 0.29) is 4.90 Å². The van der Waals surface area contributed by atoms with Crippen molar-refractivity contribution in [3.8, 4) is 0 Å². The highest BCUT2D eigenvalue weighted by atomic mass is 32.2. The fourth-order valence-electron chi connectivity index (χ4n) is 1.98. The van der Waals surface area contributed by atoms with Gasteiger partial charge in [0, 0.05) is 5.39 Å². The molecule has 18 heavy (non-hydrogen) atoms. The van der Waals surface area contributed by atoms with Gasteiger partial charge in [-0.05, 0) is 17.4 Å². The summed E-state index contributed by atoms with van der Waals surface area (Å²) in [6.45, 7) is 3.65. The van der Waals surface area contributed by atoms with E-state index >= 15 is 0 Å². The first-order chi connectivity index (χ1) is 8.60. The van der Waals surface area contributed by atoms with Crippen LogP contribution in [0.15, 0.2) is 53.9 Å². The number of fused-ring (bicyclic) bond motifs is 1. The van der Waals surface area contributed by atoms with Gasteiger partial charge in [-0.15, -0.1) is 6.58 Å². The van der Waals surface area contributed by atoms with Crippen molar-refractivity contribution in [3.63, 3.8) is 0 Å². The Morgan fingerprint density at radius 1 is 1.22 bits per heavy atom. The highest BCUT2D eigenvalue weighted by Gasteiger charge is 2.20. The molecule has 0 aliphatic rings. The molecule has 0 unspecified atom stereocenters. The smallest absolute Gasteiger partial charge is 0.270 e. The molecule has 2 rings (SSSR count). The van der Waals surface area contributed by atoms with E-state index in [2.05, 4.69) is 10.8 Å². The van der Waals surface area contributed by atoms with Crippen LogP contribution in [-0.4, -0.2) is 15.5 Å². The van der Waals surface area contributed by atoms with Crippen molar-refractivity contribution in [2.45, 2.75) is 11.3 Å². The van der Waals surface area contributed by atoms with Gasteiger partial charge >= 0.3 is 0 Å². The number of hydrogen-bond acceptors (Lipinski definition) is 3. The van der Waals surface area contributed by atoms with Crippen LogP contribution in [0.25, 0.3) is 10.8 Å². The highest BCUT2D eigenvalue weighted by Crippen LogP contribution is 2.28. The minimum atomic E-state index is -3.73. The maximum atomic E-state index is 12.1. The molecule has 2 aromatic rings. The van der Waals surface area contributed by atoms with Crippen LogP contribution >= 0.6 is 0 Å². The quantitative estimate of drug-likeness (QED) is 0.628. The SMILES string of the molecule is C=CCc1ccc2ccccc2c1S(=O)(=O)OC. The minimum Gasteiger partial charge on any atom is -0.270 e. The van der Waals surface area contributed by atoms with Crippen molar-refractivity contribution in [1.29, 1.82) is 0 Å².